The van der Waals surface area contributed by atoms with Crippen LogP contribution in [-0.4, -0.2) is 51.0 Å². The van der Waals surface area contributed by atoms with E-state index in [-0.39, 0.29) is 5.91 Å². The van der Waals surface area contributed by atoms with E-state index in [2.05, 4.69) is 20.4 Å². The Morgan fingerprint density at radius 3 is 2.85 bits per heavy atom. The van der Waals surface area contributed by atoms with Crippen molar-refractivity contribution in [1.29, 1.82) is 0 Å². The van der Waals surface area contributed by atoms with Gasteiger partial charge in [-0.15, -0.1) is 0 Å². The standard InChI is InChI=1S/C25H26ClN5O2/c1-15-9-17(24-28-22(29-33-24)14-30-8-2-3-20-21(30)11-27-20)10-18-13-31(25(32)23(15)18)12-16-4-6-19(26)7-5-16/h4-7,9-10,20-21,27H,2-3,8,11-14H2,1H3/t20?,21-/m1/s1. The van der Waals surface area contributed by atoms with Crippen LogP contribution in [0.25, 0.3) is 11.5 Å². The lowest BCUT2D eigenvalue weighted by atomic mass is 9.89. The molecule has 2 fully saturated rings. The summed E-state index contributed by atoms with van der Waals surface area (Å²) >= 11 is 5.99. The van der Waals surface area contributed by atoms with Crippen LogP contribution in [0, 0.1) is 6.92 Å². The highest BCUT2D eigenvalue weighted by molar-refractivity contribution is 6.30. The molecule has 0 aliphatic carbocycles. The third-order valence-electron chi connectivity index (χ3n) is 7.11. The van der Waals surface area contributed by atoms with E-state index in [0.717, 1.165) is 46.7 Å². The lowest BCUT2D eigenvalue weighted by Gasteiger charge is -2.48. The van der Waals surface area contributed by atoms with E-state index < -0.39 is 0 Å². The Morgan fingerprint density at radius 2 is 2.06 bits per heavy atom. The summed E-state index contributed by atoms with van der Waals surface area (Å²) in [7, 11) is 0. The number of nitrogens with one attached hydrogen (secondary N) is 1. The molecule has 4 heterocycles. The molecule has 1 N–H and O–H groups in total. The molecule has 0 radical (unpaired) electrons. The molecule has 1 amide bonds. The number of hydrogen-bond donors (Lipinski definition) is 1. The maximum atomic E-state index is 13.1. The molecule has 170 valence electrons. The zero-order valence-electron chi connectivity index (χ0n) is 18.6. The van der Waals surface area contributed by atoms with Crippen molar-refractivity contribution in [2.45, 2.75) is 51.5 Å². The molecule has 2 aromatic carbocycles. The third kappa shape index (κ3) is 3.84. The molecule has 3 aliphatic heterocycles. The fraction of sp³-hybridized carbons (Fsp3) is 0.400. The Balaban J connectivity index is 1.20. The van der Waals surface area contributed by atoms with Gasteiger partial charge in [0.2, 0.25) is 0 Å². The zero-order valence-corrected chi connectivity index (χ0v) is 19.3. The van der Waals surface area contributed by atoms with Gasteiger partial charge in [-0.05, 0) is 67.3 Å². The van der Waals surface area contributed by atoms with E-state index in [4.69, 9.17) is 16.1 Å². The number of piperidine rings is 1. The van der Waals surface area contributed by atoms with Crippen molar-refractivity contribution >= 4 is 17.5 Å². The fourth-order valence-electron chi connectivity index (χ4n) is 5.35. The number of carbonyl (C=O) groups excluding carboxylic acids is 1. The lowest BCUT2D eigenvalue weighted by molar-refractivity contribution is 0.0467. The van der Waals surface area contributed by atoms with E-state index in [1.54, 1.807) is 0 Å². The lowest BCUT2D eigenvalue weighted by Crippen LogP contribution is -2.67. The van der Waals surface area contributed by atoms with Crippen LogP contribution in [0.5, 0.6) is 0 Å². The first kappa shape index (κ1) is 20.8. The summed E-state index contributed by atoms with van der Waals surface area (Å²) in [4.78, 5) is 22.1. The van der Waals surface area contributed by atoms with E-state index in [1.165, 1.54) is 12.8 Å². The number of rotatable bonds is 5. The van der Waals surface area contributed by atoms with Gasteiger partial charge in [-0.3, -0.25) is 9.69 Å². The average molecular weight is 464 g/mol. The second-order valence-corrected chi connectivity index (χ2v) is 9.76. The minimum Gasteiger partial charge on any atom is -0.334 e. The Hall–Kier alpha value is -2.74. The summed E-state index contributed by atoms with van der Waals surface area (Å²) in [5.41, 5.74) is 4.65. The smallest absolute Gasteiger partial charge is 0.257 e. The summed E-state index contributed by atoms with van der Waals surface area (Å²) in [5, 5.41) is 8.45. The summed E-state index contributed by atoms with van der Waals surface area (Å²) in [6, 6.07) is 12.8. The second-order valence-electron chi connectivity index (χ2n) is 9.33. The third-order valence-corrected chi connectivity index (χ3v) is 7.36. The van der Waals surface area contributed by atoms with Gasteiger partial charge in [-0.2, -0.15) is 4.98 Å². The van der Waals surface area contributed by atoms with E-state index in [9.17, 15) is 4.79 Å². The number of nitrogens with zero attached hydrogens (tertiary/aromatic N) is 4. The van der Waals surface area contributed by atoms with Crippen LogP contribution in [0.4, 0.5) is 0 Å². The molecule has 8 heteroatoms. The van der Waals surface area contributed by atoms with Gasteiger partial charge in [0.1, 0.15) is 0 Å². The van der Waals surface area contributed by atoms with Crippen LogP contribution < -0.4 is 5.32 Å². The maximum Gasteiger partial charge on any atom is 0.257 e. The Labute approximate surface area is 197 Å². The number of hydrogen-bond acceptors (Lipinski definition) is 6. The molecule has 3 aromatic rings. The number of fused-ring (bicyclic) bond motifs is 2. The van der Waals surface area contributed by atoms with Gasteiger partial charge < -0.3 is 14.7 Å². The number of halogens is 1. The molecule has 0 spiro atoms. The van der Waals surface area contributed by atoms with Gasteiger partial charge in [-0.1, -0.05) is 28.9 Å². The van der Waals surface area contributed by atoms with Crippen LogP contribution in [0.15, 0.2) is 40.9 Å². The van der Waals surface area contributed by atoms with Gasteiger partial charge in [0, 0.05) is 47.9 Å². The zero-order chi connectivity index (χ0) is 22.5. The molecule has 1 unspecified atom stereocenters. The molecule has 33 heavy (non-hydrogen) atoms. The summed E-state index contributed by atoms with van der Waals surface area (Å²) in [6.45, 7) is 5.92. The molecule has 6 rings (SSSR count). The normalized spacial score (nSPS) is 22.2. The van der Waals surface area contributed by atoms with Crippen LogP contribution in [0.1, 0.15) is 45.7 Å². The number of carbonyl (C=O) groups is 1. The molecule has 0 saturated carbocycles. The fourth-order valence-corrected chi connectivity index (χ4v) is 5.48. The van der Waals surface area contributed by atoms with Crippen molar-refractivity contribution in [3.8, 4) is 11.5 Å². The highest BCUT2D eigenvalue weighted by Crippen LogP contribution is 2.32. The topological polar surface area (TPSA) is 74.5 Å². The molecule has 2 saturated heterocycles. The first-order chi connectivity index (χ1) is 16.0. The maximum absolute atomic E-state index is 13.1. The van der Waals surface area contributed by atoms with Crippen LogP contribution >= 0.6 is 11.6 Å². The molecule has 1 aromatic heterocycles. The van der Waals surface area contributed by atoms with Crippen molar-refractivity contribution in [3.63, 3.8) is 0 Å². The van der Waals surface area contributed by atoms with Gasteiger partial charge in [0.05, 0.1) is 6.54 Å². The minimum absolute atomic E-state index is 0.0592. The summed E-state index contributed by atoms with van der Waals surface area (Å²) in [6.07, 6.45) is 2.45. The van der Waals surface area contributed by atoms with Crippen LogP contribution in [-0.2, 0) is 19.6 Å². The Morgan fingerprint density at radius 1 is 1.21 bits per heavy atom. The predicted octanol–water partition coefficient (Wildman–Crippen LogP) is 3.79. The number of amides is 1. The SMILES string of the molecule is Cc1cc(-c2nc(CN3CCCC4NC[C@H]43)no2)cc2c1C(=O)N(Cc1ccc(Cl)cc1)C2. The second kappa shape index (κ2) is 8.24. The molecular formula is C25H26ClN5O2. The molecule has 7 nitrogen and oxygen atoms in total. The highest BCUT2D eigenvalue weighted by Gasteiger charge is 2.38. The first-order valence-corrected chi connectivity index (χ1v) is 11.9. The van der Waals surface area contributed by atoms with Crippen molar-refractivity contribution < 1.29 is 9.32 Å². The number of aryl methyl sites for hydroxylation is 1. The van der Waals surface area contributed by atoms with Gasteiger partial charge in [0.25, 0.3) is 11.8 Å². The van der Waals surface area contributed by atoms with Gasteiger partial charge in [-0.25, -0.2) is 0 Å². The van der Waals surface area contributed by atoms with Crippen molar-refractivity contribution in [3.05, 3.63) is 69.5 Å². The molecule has 0 bridgehead atoms. The monoisotopic (exact) mass is 463 g/mol. The Bertz CT molecular complexity index is 1210. The van der Waals surface area contributed by atoms with Crippen molar-refractivity contribution in [2.24, 2.45) is 0 Å². The number of aromatic nitrogens is 2. The van der Waals surface area contributed by atoms with Gasteiger partial charge >= 0.3 is 0 Å². The van der Waals surface area contributed by atoms with Crippen LogP contribution in [0.3, 0.4) is 0 Å². The largest absolute Gasteiger partial charge is 0.334 e. The molecule has 2 atom stereocenters. The van der Waals surface area contributed by atoms with Gasteiger partial charge in [0.15, 0.2) is 5.82 Å². The summed E-state index contributed by atoms with van der Waals surface area (Å²) in [5.74, 6) is 1.29. The van der Waals surface area contributed by atoms with Crippen LogP contribution in [0.2, 0.25) is 5.02 Å². The predicted molar refractivity (Wildman–Crippen MR) is 125 cm³/mol. The summed E-state index contributed by atoms with van der Waals surface area (Å²) < 4.78 is 5.63. The minimum atomic E-state index is 0.0592. The first-order valence-electron chi connectivity index (χ1n) is 11.5. The quantitative estimate of drug-likeness (QED) is 0.620. The van der Waals surface area contributed by atoms with E-state index in [0.29, 0.717) is 42.6 Å². The number of benzene rings is 2. The average Bonchev–Trinajstić information content (AvgIpc) is 3.36. The number of likely N-dealkylation sites (tertiary alicyclic amines) is 1. The molecule has 3 aliphatic rings. The van der Waals surface area contributed by atoms with E-state index >= 15 is 0 Å². The molecular weight excluding hydrogens is 438 g/mol. The van der Waals surface area contributed by atoms with Crippen molar-refractivity contribution in [2.75, 3.05) is 13.1 Å². The highest BCUT2D eigenvalue weighted by atomic mass is 35.5. The Kier molecular flexibility index (Phi) is 5.20. The van der Waals surface area contributed by atoms with E-state index in [1.807, 2.05) is 48.2 Å². The van der Waals surface area contributed by atoms with Crippen molar-refractivity contribution in [1.82, 2.24) is 25.3 Å².